The van der Waals surface area contributed by atoms with Gasteiger partial charge in [-0.05, 0) is 19.1 Å². The van der Waals surface area contributed by atoms with E-state index in [-0.39, 0.29) is 21.7 Å². The van der Waals surface area contributed by atoms with Gasteiger partial charge in [0, 0.05) is 25.2 Å². The summed E-state index contributed by atoms with van der Waals surface area (Å²) in [5, 5.41) is 0. The highest BCUT2D eigenvalue weighted by Crippen LogP contribution is 2.14. The fourth-order valence-electron chi connectivity index (χ4n) is 2.30. The predicted molar refractivity (Wildman–Crippen MR) is 86.2 cm³/mol. The Morgan fingerprint density at radius 3 is 2.95 bits per heavy atom. The van der Waals surface area contributed by atoms with Crippen molar-refractivity contribution in [3.05, 3.63) is 29.8 Å². The maximum absolute atomic E-state index is 12.4. The first-order valence-corrected chi connectivity index (χ1v) is 8.91. The summed E-state index contributed by atoms with van der Waals surface area (Å²) >= 11 is 4.89. The van der Waals surface area contributed by atoms with Crippen LogP contribution in [0.5, 0.6) is 0 Å². The highest BCUT2D eigenvalue weighted by Gasteiger charge is 2.21. The molecule has 116 valence electrons. The van der Waals surface area contributed by atoms with Crippen LogP contribution in [0.3, 0.4) is 0 Å². The zero-order valence-electron chi connectivity index (χ0n) is 12.0. The molecule has 0 saturated carbocycles. The van der Waals surface area contributed by atoms with Crippen LogP contribution in [0.2, 0.25) is 0 Å². The number of nitrogens with zero attached hydrogens (tertiary/aromatic N) is 1. The van der Waals surface area contributed by atoms with Gasteiger partial charge in [0.2, 0.25) is 0 Å². The second-order valence-electron chi connectivity index (χ2n) is 5.19. The molecule has 1 fully saturated rings. The molecule has 1 aromatic carbocycles. The van der Waals surface area contributed by atoms with Crippen LogP contribution >= 0.6 is 12.2 Å². The molecule has 1 heterocycles. The van der Waals surface area contributed by atoms with Gasteiger partial charge in [0.25, 0.3) is 0 Å². The molecule has 0 bridgehead atoms. The van der Waals surface area contributed by atoms with Crippen molar-refractivity contribution >= 4 is 27.0 Å². The topological polar surface area (TPSA) is 72.6 Å². The quantitative estimate of drug-likeness (QED) is 0.807. The molecule has 0 spiro atoms. The van der Waals surface area contributed by atoms with Crippen molar-refractivity contribution in [2.75, 3.05) is 32.0 Å². The second kappa shape index (κ2) is 6.83. The van der Waals surface area contributed by atoms with Gasteiger partial charge in [0.15, 0.2) is 9.84 Å². The second-order valence-corrected chi connectivity index (χ2v) is 7.74. The molecule has 0 amide bonds. The van der Waals surface area contributed by atoms with Crippen LogP contribution in [0, 0.1) is 0 Å². The third-order valence-corrected chi connectivity index (χ3v) is 5.41. The van der Waals surface area contributed by atoms with Crippen LogP contribution in [-0.4, -0.2) is 56.4 Å². The average molecular weight is 328 g/mol. The number of ether oxygens (including phenoxy) is 1. The molecule has 1 aromatic rings. The summed E-state index contributed by atoms with van der Waals surface area (Å²) in [6, 6.07) is 6.50. The third-order valence-electron chi connectivity index (χ3n) is 3.48. The van der Waals surface area contributed by atoms with Gasteiger partial charge in [0.1, 0.15) is 4.99 Å². The van der Waals surface area contributed by atoms with E-state index in [0.717, 1.165) is 13.1 Å². The number of rotatable bonds is 5. The third kappa shape index (κ3) is 4.47. The van der Waals surface area contributed by atoms with Crippen LogP contribution in [0.1, 0.15) is 12.5 Å². The van der Waals surface area contributed by atoms with Crippen LogP contribution in [0.15, 0.2) is 29.2 Å². The van der Waals surface area contributed by atoms with Gasteiger partial charge >= 0.3 is 0 Å². The fourth-order valence-corrected chi connectivity index (χ4v) is 3.76. The smallest absolute Gasteiger partial charge is 0.179 e. The van der Waals surface area contributed by atoms with Crippen molar-refractivity contribution in [2.24, 2.45) is 5.73 Å². The van der Waals surface area contributed by atoms with Gasteiger partial charge < -0.3 is 10.5 Å². The molecule has 2 rings (SSSR count). The van der Waals surface area contributed by atoms with Gasteiger partial charge in [-0.25, -0.2) is 8.42 Å². The first kappa shape index (κ1) is 16.4. The van der Waals surface area contributed by atoms with Gasteiger partial charge in [-0.3, -0.25) is 4.90 Å². The van der Waals surface area contributed by atoms with Gasteiger partial charge in [0.05, 0.1) is 23.4 Å². The molecule has 0 radical (unpaired) electrons. The predicted octanol–water partition coefficient (Wildman–Crippen LogP) is 0.815. The van der Waals surface area contributed by atoms with Crippen LogP contribution in [0.25, 0.3) is 0 Å². The Morgan fingerprint density at radius 1 is 1.52 bits per heavy atom. The molecule has 1 saturated heterocycles. The largest absolute Gasteiger partial charge is 0.389 e. The lowest BCUT2D eigenvalue weighted by Crippen LogP contribution is -2.43. The zero-order valence-corrected chi connectivity index (χ0v) is 13.6. The van der Waals surface area contributed by atoms with Crippen molar-refractivity contribution < 1.29 is 13.2 Å². The summed E-state index contributed by atoms with van der Waals surface area (Å²) in [6.45, 7) is 4.69. The van der Waals surface area contributed by atoms with E-state index < -0.39 is 9.84 Å². The van der Waals surface area contributed by atoms with Gasteiger partial charge in [-0.15, -0.1) is 0 Å². The van der Waals surface area contributed by atoms with Crippen molar-refractivity contribution in [3.63, 3.8) is 0 Å². The van der Waals surface area contributed by atoms with Crippen molar-refractivity contribution in [1.82, 2.24) is 4.90 Å². The standard InChI is InChI=1S/C14H20N2O3S2/c1-11-10-16(5-7-19-11)6-8-21(17,18)13-4-2-3-12(9-13)14(15)20/h2-4,9,11H,5-8,10H2,1H3,(H2,15,20). The summed E-state index contributed by atoms with van der Waals surface area (Å²) in [7, 11) is -3.33. The lowest BCUT2D eigenvalue weighted by Gasteiger charge is -2.30. The SMILES string of the molecule is CC1CN(CCS(=O)(=O)c2cccc(C(N)=S)c2)CCO1. The molecule has 7 heteroatoms. The first-order chi connectivity index (χ1) is 9.88. The Bertz CT molecular complexity index is 616. The number of morpholine rings is 1. The molecular weight excluding hydrogens is 308 g/mol. The van der Waals surface area contributed by atoms with E-state index >= 15 is 0 Å². The molecule has 1 aliphatic heterocycles. The molecule has 0 aromatic heterocycles. The Kier molecular flexibility index (Phi) is 5.32. The van der Waals surface area contributed by atoms with Gasteiger partial charge in [-0.1, -0.05) is 24.4 Å². The monoisotopic (exact) mass is 328 g/mol. The Morgan fingerprint density at radius 2 is 2.29 bits per heavy atom. The Balaban J connectivity index is 2.04. The van der Waals surface area contributed by atoms with E-state index in [1.807, 2.05) is 6.92 Å². The van der Waals surface area contributed by atoms with E-state index in [1.165, 1.54) is 0 Å². The molecule has 1 aliphatic rings. The molecule has 2 N–H and O–H groups in total. The maximum Gasteiger partial charge on any atom is 0.179 e. The van der Waals surface area contributed by atoms with Crippen LogP contribution in [-0.2, 0) is 14.6 Å². The molecular formula is C14H20N2O3S2. The minimum absolute atomic E-state index is 0.0838. The van der Waals surface area contributed by atoms with Gasteiger partial charge in [-0.2, -0.15) is 0 Å². The zero-order chi connectivity index (χ0) is 15.5. The van der Waals surface area contributed by atoms with Crippen molar-refractivity contribution in [2.45, 2.75) is 17.9 Å². The summed E-state index contributed by atoms with van der Waals surface area (Å²) in [5.41, 5.74) is 6.12. The lowest BCUT2D eigenvalue weighted by molar-refractivity contribution is -0.0160. The van der Waals surface area contributed by atoms with E-state index in [0.29, 0.717) is 18.7 Å². The maximum atomic E-state index is 12.4. The van der Waals surface area contributed by atoms with E-state index in [4.69, 9.17) is 22.7 Å². The van der Waals surface area contributed by atoms with E-state index in [1.54, 1.807) is 24.3 Å². The molecule has 1 unspecified atom stereocenters. The van der Waals surface area contributed by atoms with E-state index in [9.17, 15) is 8.42 Å². The Hall–Kier alpha value is -1.02. The fraction of sp³-hybridized carbons (Fsp3) is 0.500. The highest BCUT2D eigenvalue weighted by molar-refractivity contribution is 7.91. The average Bonchev–Trinajstić information content (AvgIpc) is 2.45. The number of thiocarbonyl (C=S) groups is 1. The Labute approximate surface area is 131 Å². The normalized spacial score (nSPS) is 20.3. The number of nitrogens with two attached hydrogens (primary N) is 1. The van der Waals surface area contributed by atoms with Crippen LogP contribution in [0.4, 0.5) is 0 Å². The molecule has 1 atom stereocenters. The number of sulfone groups is 1. The summed E-state index contributed by atoms with van der Waals surface area (Å²) in [6.07, 6.45) is 0.152. The van der Waals surface area contributed by atoms with Crippen LogP contribution < -0.4 is 5.73 Å². The highest BCUT2D eigenvalue weighted by atomic mass is 32.2. The summed E-state index contributed by atoms with van der Waals surface area (Å²) in [5.74, 6) is 0.0838. The first-order valence-electron chi connectivity index (χ1n) is 6.85. The summed E-state index contributed by atoms with van der Waals surface area (Å²) < 4.78 is 30.2. The molecule has 0 aliphatic carbocycles. The minimum Gasteiger partial charge on any atom is -0.389 e. The number of hydrogen-bond donors (Lipinski definition) is 1. The van der Waals surface area contributed by atoms with E-state index in [2.05, 4.69) is 4.90 Å². The number of hydrogen-bond acceptors (Lipinski definition) is 5. The van der Waals surface area contributed by atoms with Crippen molar-refractivity contribution in [3.8, 4) is 0 Å². The minimum atomic E-state index is -3.33. The molecule has 5 nitrogen and oxygen atoms in total. The summed E-state index contributed by atoms with van der Waals surface area (Å²) in [4.78, 5) is 2.59. The number of benzene rings is 1. The lowest BCUT2D eigenvalue weighted by atomic mass is 10.2. The van der Waals surface area contributed by atoms with Crippen molar-refractivity contribution in [1.29, 1.82) is 0 Å². The molecule has 21 heavy (non-hydrogen) atoms.